The Balaban J connectivity index is 2.56. The van der Waals surface area contributed by atoms with E-state index >= 15 is 0 Å². The van der Waals surface area contributed by atoms with E-state index in [0.29, 0.717) is 12.3 Å². The fraction of sp³-hybridized carbons (Fsp3) is 0.611. The molecule has 0 radical (unpaired) electrons. The Kier molecular flexibility index (Phi) is 7.44. The predicted molar refractivity (Wildman–Crippen MR) is 86.9 cm³/mol. The predicted octanol–water partition coefficient (Wildman–Crippen LogP) is 3.78. The van der Waals surface area contributed by atoms with Crippen molar-refractivity contribution >= 4 is 5.91 Å². The minimum Gasteiger partial charge on any atom is -0.386 e. The minimum atomic E-state index is -0.647. The van der Waals surface area contributed by atoms with Crippen molar-refractivity contribution in [3.63, 3.8) is 0 Å². The highest BCUT2D eigenvalue weighted by molar-refractivity contribution is 5.76. The van der Waals surface area contributed by atoms with Gasteiger partial charge in [0.15, 0.2) is 0 Å². The SMILES string of the molecule is CCCC[C@H](C)CC(=O)N(C)[C@@H](C)[C@@H](O)c1ccccc1. The van der Waals surface area contributed by atoms with E-state index < -0.39 is 6.10 Å². The van der Waals surface area contributed by atoms with Crippen molar-refractivity contribution in [1.29, 1.82) is 0 Å². The monoisotopic (exact) mass is 291 g/mol. The van der Waals surface area contributed by atoms with Crippen LogP contribution in [0.2, 0.25) is 0 Å². The highest BCUT2D eigenvalue weighted by atomic mass is 16.3. The van der Waals surface area contributed by atoms with E-state index in [-0.39, 0.29) is 11.9 Å². The van der Waals surface area contributed by atoms with E-state index in [0.717, 1.165) is 18.4 Å². The van der Waals surface area contributed by atoms with Gasteiger partial charge < -0.3 is 10.0 Å². The van der Waals surface area contributed by atoms with Gasteiger partial charge in [0, 0.05) is 13.5 Å². The van der Waals surface area contributed by atoms with E-state index in [1.54, 1.807) is 11.9 Å². The number of nitrogens with zero attached hydrogens (tertiary/aromatic N) is 1. The summed E-state index contributed by atoms with van der Waals surface area (Å²) >= 11 is 0. The van der Waals surface area contributed by atoms with Gasteiger partial charge in [-0.2, -0.15) is 0 Å². The lowest BCUT2D eigenvalue weighted by atomic mass is 9.98. The number of likely N-dealkylation sites (N-methyl/N-ethyl adjacent to an activating group) is 1. The summed E-state index contributed by atoms with van der Waals surface area (Å²) < 4.78 is 0. The third-order valence-electron chi connectivity index (χ3n) is 4.18. The second kappa shape index (κ2) is 8.83. The van der Waals surface area contributed by atoms with E-state index in [4.69, 9.17) is 0 Å². The van der Waals surface area contributed by atoms with E-state index in [1.165, 1.54) is 6.42 Å². The molecule has 0 heterocycles. The first kappa shape index (κ1) is 17.7. The summed E-state index contributed by atoms with van der Waals surface area (Å²) in [5.74, 6) is 0.516. The minimum absolute atomic E-state index is 0.112. The number of carbonyl (C=O) groups is 1. The van der Waals surface area contributed by atoms with Gasteiger partial charge >= 0.3 is 0 Å². The van der Waals surface area contributed by atoms with Crippen molar-refractivity contribution in [2.24, 2.45) is 5.92 Å². The third-order valence-corrected chi connectivity index (χ3v) is 4.18. The Morgan fingerprint density at radius 1 is 1.24 bits per heavy atom. The third kappa shape index (κ3) is 5.50. The van der Waals surface area contributed by atoms with Gasteiger partial charge in [0.05, 0.1) is 12.1 Å². The second-order valence-corrected chi connectivity index (χ2v) is 6.05. The van der Waals surface area contributed by atoms with Crippen molar-refractivity contribution in [3.05, 3.63) is 35.9 Å². The number of hydrogen-bond acceptors (Lipinski definition) is 2. The number of aliphatic hydroxyl groups is 1. The molecule has 1 aromatic carbocycles. The molecule has 0 saturated heterocycles. The molecule has 0 bridgehead atoms. The Morgan fingerprint density at radius 2 is 1.86 bits per heavy atom. The molecular weight excluding hydrogens is 262 g/mol. The van der Waals surface area contributed by atoms with Crippen molar-refractivity contribution in [3.8, 4) is 0 Å². The fourth-order valence-electron chi connectivity index (χ4n) is 2.46. The van der Waals surface area contributed by atoms with Crippen LogP contribution >= 0.6 is 0 Å². The maximum atomic E-state index is 12.3. The summed E-state index contributed by atoms with van der Waals surface area (Å²) in [5.41, 5.74) is 0.851. The molecule has 0 aliphatic carbocycles. The molecule has 21 heavy (non-hydrogen) atoms. The van der Waals surface area contributed by atoms with Crippen molar-refractivity contribution in [2.45, 2.75) is 58.6 Å². The average molecular weight is 291 g/mol. The molecular formula is C18H29NO2. The largest absolute Gasteiger partial charge is 0.386 e. The van der Waals surface area contributed by atoms with Crippen LogP contribution in [-0.4, -0.2) is 29.0 Å². The highest BCUT2D eigenvalue weighted by Gasteiger charge is 2.24. The number of rotatable bonds is 8. The summed E-state index contributed by atoms with van der Waals surface area (Å²) in [7, 11) is 1.78. The molecule has 0 aliphatic heterocycles. The van der Waals surface area contributed by atoms with Crippen LogP contribution in [0.3, 0.4) is 0 Å². The highest BCUT2D eigenvalue weighted by Crippen LogP contribution is 2.21. The van der Waals surface area contributed by atoms with Gasteiger partial charge in [0.2, 0.25) is 5.91 Å². The number of benzene rings is 1. The van der Waals surface area contributed by atoms with Crippen LogP contribution < -0.4 is 0 Å². The van der Waals surface area contributed by atoms with Crippen LogP contribution in [0.5, 0.6) is 0 Å². The first-order valence-electron chi connectivity index (χ1n) is 7.96. The van der Waals surface area contributed by atoms with Gasteiger partial charge in [-0.1, -0.05) is 63.4 Å². The summed E-state index contributed by atoms with van der Waals surface area (Å²) in [5, 5.41) is 10.4. The summed E-state index contributed by atoms with van der Waals surface area (Å²) in [6, 6.07) is 9.29. The molecule has 0 fully saturated rings. The van der Waals surface area contributed by atoms with Gasteiger partial charge in [0.1, 0.15) is 0 Å². The lowest BCUT2D eigenvalue weighted by Crippen LogP contribution is -2.39. The van der Waals surface area contributed by atoms with Crippen LogP contribution in [0, 0.1) is 5.92 Å². The Morgan fingerprint density at radius 3 is 2.43 bits per heavy atom. The van der Waals surface area contributed by atoms with Crippen LogP contribution in [0.4, 0.5) is 0 Å². The van der Waals surface area contributed by atoms with Crippen molar-refractivity contribution in [2.75, 3.05) is 7.05 Å². The maximum absolute atomic E-state index is 12.3. The Hall–Kier alpha value is -1.35. The maximum Gasteiger partial charge on any atom is 0.222 e. The molecule has 118 valence electrons. The van der Waals surface area contributed by atoms with Crippen molar-refractivity contribution in [1.82, 2.24) is 4.90 Å². The van der Waals surface area contributed by atoms with Gasteiger partial charge in [0.25, 0.3) is 0 Å². The number of aliphatic hydroxyl groups excluding tert-OH is 1. The van der Waals surface area contributed by atoms with Crippen molar-refractivity contribution < 1.29 is 9.90 Å². The van der Waals surface area contributed by atoms with Crippen LogP contribution in [0.15, 0.2) is 30.3 Å². The zero-order valence-corrected chi connectivity index (χ0v) is 13.7. The van der Waals surface area contributed by atoms with Gasteiger partial charge in [-0.15, -0.1) is 0 Å². The van der Waals surface area contributed by atoms with Crippen LogP contribution in [0.25, 0.3) is 0 Å². The molecule has 1 aromatic rings. The Labute approximate surface area is 129 Å². The second-order valence-electron chi connectivity index (χ2n) is 6.05. The quantitative estimate of drug-likeness (QED) is 0.791. The summed E-state index contributed by atoms with van der Waals surface area (Å²) in [6.07, 6.45) is 3.33. The number of amides is 1. The van der Waals surface area contributed by atoms with Gasteiger partial charge in [-0.3, -0.25) is 4.79 Å². The smallest absolute Gasteiger partial charge is 0.222 e. The molecule has 0 saturated carbocycles. The molecule has 0 spiro atoms. The molecule has 0 aliphatic rings. The normalized spacial score (nSPS) is 15.3. The topological polar surface area (TPSA) is 40.5 Å². The molecule has 3 atom stereocenters. The molecule has 3 heteroatoms. The van der Waals surface area contributed by atoms with Gasteiger partial charge in [-0.25, -0.2) is 0 Å². The Bertz CT molecular complexity index is 418. The molecule has 0 unspecified atom stereocenters. The van der Waals surface area contributed by atoms with Gasteiger partial charge in [-0.05, 0) is 18.4 Å². The fourth-order valence-corrected chi connectivity index (χ4v) is 2.46. The molecule has 1 amide bonds. The molecule has 3 nitrogen and oxygen atoms in total. The van der Waals surface area contributed by atoms with Crippen LogP contribution in [0.1, 0.15) is 58.1 Å². The zero-order valence-electron chi connectivity index (χ0n) is 13.7. The molecule has 1 rings (SSSR count). The number of carbonyl (C=O) groups excluding carboxylic acids is 1. The summed E-state index contributed by atoms with van der Waals surface area (Å²) in [4.78, 5) is 14.0. The number of unbranched alkanes of at least 4 members (excludes halogenated alkanes) is 1. The lowest BCUT2D eigenvalue weighted by Gasteiger charge is -2.30. The lowest BCUT2D eigenvalue weighted by molar-refractivity contribution is -0.134. The van der Waals surface area contributed by atoms with E-state index in [2.05, 4.69) is 13.8 Å². The zero-order chi connectivity index (χ0) is 15.8. The van der Waals surface area contributed by atoms with E-state index in [9.17, 15) is 9.90 Å². The molecule has 1 N–H and O–H groups in total. The number of hydrogen-bond donors (Lipinski definition) is 1. The van der Waals surface area contributed by atoms with E-state index in [1.807, 2.05) is 37.3 Å². The summed E-state index contributed by atoms with van der Waals surface area (Å²) in [6.45, 7) is 6.19. The van der Waals surface area contributed by atoms with Crippen LogP contribution in [-0.2, 0) is 4.79 Å². The first-order chi connectivity index (χ1) is 9.97. The standard InChI is InChI=1S/C18H29NO2/c1-5-6-10-14(2)13-17(20)19(4)15(3)18(21)16-11-8-7-9-12-16/h7-9,11-12,14-15,18,21H,5-6,10,13H2,1-4H3/t14-,15-,18+/m0/s1. The first-order valence-corrected chi connectivity index (χ1v) is 7.96. The average Bonchev–Trinajstić information content (AvgIpc) is 2.51. The molecule has 0 aromatic heterocycles.